The Balaban J connectivity index is 1.68. The molecule has 0 aromatic heterocycles. The van der Waals surface area contributed by atoms with Gasteiger partial charge in [-0.25, -0.2) is 0 Å². The second-order valence-corrected chi connectivity index (χ2v) is 6.91. The Morgan fingerprint density at radius 1 is 1.07 bits per heavy atom. The van der Waals surface area contributed by atoms with E-state index < -0.39 is 0 Å². The number of hydrogen-bond donors (Lipinski definition) is 1. The molecular formula is C23H25N3O. The summed E-state index contributed by atoms with van der Waals surface area (Å²) in [6.07, 6.45) is 5.42. The van der Waals surface area contributed by atoms with Crippen molar-refractivity contribution in [2.24, 2.45) is 0 Å². The summed E-state index contributed by atoms with van der Waals surface area (Å²) in [6.45, 7) is 4.10. The topological polar surface area (TPSA) is 56.1 Å². The van der Waals surface area contributed by atoms with Gasteiger partial charge in [0.1, 0.15) is 11.6 Å². The minimum atomic E-state index is -0.353. The monoisotopic (exact) mass is 359 g/mol. The quantitative estimate of drug-likeness (QED) is 0.633. The van der Waals surface area contributed by atoms with Crippen molar-refractivity contribution in [3.8, 4) is 6.07 Å². The van der Waals surface area contributed by atoms with Gasteiger partial charge in [-0.1, -0.05) is 42.5 Å². The zero-order chi connectivity index (χ0) is 19.1. The molecule has 1 N–H and O–H groups in total. The van der Waals surface area contributed by atoms with Gasteiger partial charge in [0.05, 0.1) is 6.04 Å². The summed E-state index contributed by atoms with van der Waals surface area (Å²) in [7, 11) is 0. The highest BCUT2D eigenvalue weighted by Crippen LogP contribution is 2.21. The molecule has 0 bridgehead atoms. The first kappa shape index (κ1) is 18.7. The summed E-state index contributed by atoms with van der Waals surface area (Å²) >= 11 is 0. The molecule has 0 unspecified atom stereocenters. The van der Waals surface area contributed by atoms with Crippen LogP contribution in [-0.4, -0.2) is 19.0 Å². The van der Waals surface area contributed by atoms with Crippen LogP contribution in [0.1, 0.15) is 43.4 Å². The molecule has 4 nitrogen and oxygen atoms in total. The number of hydrogen-bond acceptors (Lipinski definition) is 3. The second kappa shape index (κ2) is 9.05. The van der Waals surface area contributed by atoms with Crippen LogP contribution >= 0.6 is 0 Å². The van der Waals surface area contributed by atoms with Crippen LogP contribution < -0.4 is 10.2 Å². The van der Waals surface area contributed by atoms with Crippen molar-refractivity contribution in [3.63, 3.8) is 0 Å². The van der Waals surface area contributed by atoms with E-state index in [4.69, 9.17) is 0 Å². The lowest BCUT2D eigenvalue weighted by molar-refractivity contribution is -0.117. The molecule has 1 saturated heterocycles. The lowest BCUT2D eigenvalue weighted by atomic mass is 10.1. The number of nitrogens with one attached hydrogen (secondary N) is 1. The largest absolute Gasteiger partial charge is 0.372 e. The van der Waals surface area contributed by atoms with Crippen LogP contribution in [0.25, 0.3) is 6.08 Å². The standard InChI is InChI=1S/C23H25N3O/c1-18(20-8-4-2-5-9-20)25-23(27)21(17-24)16-19-10-12-22(13-11-19)26-14-6-3-7-15-26/h2,4-5,8-13,16,18H,3,6-7,14-15H2,1H3,(H,25,27)/b21-16-/t18-/m0/s1. The third-order valence-electron chi connectivity index (χ3n) is 4.94. The lowest BCUT2D eigenvalue weighted by Crippen LogP contribution is -2.29. The minimum Gasteiger partial charge on any atom is -0.372 e. The Labute approximate surface area is 161 Å². The summed E-state index contributed by atoms with van der Waals surface area (Å²) in [4.78, 5) is 14.9. The van der Waals surface area contributed by atoms with Crippen LogP contribution in [0.3, 0.4) is 0 Å². The van der Waals surface area contributed by atoms with E-state index >= 15 is 0 Å². The van der Waals surface area contributed by atoms with Gasteiger partial charge >= 0.3 is 0 Å². The van der Waals surface area contributed by atoms with E-state index in [2.05, 4.69) is 22.3 Å². The molecule has 3 rings (SSSR count). The van der Waals surface area contributed by atoms with E-state index in [1.165, 1.54) is 24.9 Å². The van der Waals surface area contributed by atoms with E-state index in [1.807, 2.05) is 55.5 Å². The molecule has 1 aliphatic heterocycles. The van der Waals surface area contributed by atoms with Gasteiger partial charge in [-0.05, 0) is 55.5 Å². The van der Waals surface area contributed by atoms with Crippen molar-refractivity contribution in [3.05, 3.63) is 71.3 Å². The zero-order valence-corrected chi connectivity index (χ0v) is 15.7. The van der Waals surface area contributed by atoms with Crippen LogP contribution in [0, 0.1) is 11.3 Å². The van der Waals surface area contributed by atoms with Gasteiger partial charge in [-0.15, -0.1) is 0 Å². The van der Waals surface area contributed by atoms with Gasteiger partial charge in [-0.2, -0.15) is 5.26 Å². The molecule has 2 aromatic carbocycles. The number of amides is 1. The van der Waals surface area contributed by atoms with E-state index in [0.717, 1.165) is 24.2 Å². The molecule has 0 radical (unpaired) electrons. The van der Waals surface area contributed by atoms with Crippen LogP contribution in [0.4, 0.5) is 5.69 Å². The molecule has 1 fully saturated rings. The van der Waals surface area contributed by atoms with E-state index in [9.17, 15) is 10.1 Å². The number of benzene rings is 2. The van der Waals surface area contributed by atoms with Gasteiger partial charge in [-0.3, -0.25) is 4.79 Å². The fraction of sp³-hybridized carbons (Fsp3) is 0.304. The Kier molecular flexibility index (Phi) is 6.27. The van der Waals surface area contributed by atoms with Gasteiger partial charge in [0.15, 0.2) is 0 Å². The maximum atomic E-state index is 12.5. The normalized spacial score (nSPS) is 15.7. The Morgan fingerprint density at radius 3 is 2.37 bits per heavy atom. The van der Waals surface area contributed by atoms with Crippen LogP contribution in [0.2, 0.25) is 0 Å². The van der Waals surface area contributed by atoms with Crippen LogP contribution in [-0.2, 0) is 4.79 Å². The van der Waals surface area contributed by atoms with E-state index in [1.54, 1.807) is 6.08 Å². The Bertz CT molecular complexity index is 828. The van der Waals surface area contributed by atoms with Crippen molar-refractivity contribution in [2.75, 3.05) is 18.0 Å². The molecule has 4 heteroatoms. The third-order valence-corrected chi connectivity index (χ3v) is 4.94. The molecular weight excluding hydrogens is 334 g/mol. The summed E-state index contributed by atoms with van der Waals surface area (Å²) in [5.41, 5.74) is 3.18. The summed E-state index contributed by atoms with van der Waals surface area (Å²) in [5.74, 6) is -0.353. The van der Waals surface area contributed by atoms with E-state index in [-0.39, 0.29) is 17.5 Å². The number of carbonyl (C=O) groups excluding carboxylic acids is 1. The van der Waals surface area contributed by atoms with Crippen LogP contribution in [0.15, 0.2) is 60.2 Å². The molecule has 1 heterocycles. The molecule has 1 atom stereocenters. The van der Waals surface area contributed by atoms with Gasteiger partial charge in [0, 0.05) is 18.8 Å². The highest BCUT2D eigenvalue weighted by molar-refractivity contribution is 6.01. The number of anilines is 1. The van der Waals surface area contributed by atoms with Gasteiger partial charge < -0.3 is 10.2 Å². The fourth-order valence-electron chi connectivity index (χ4n) is 3.35. The average molecular weight is 359 g/mol. The Hall–Kier alpha value is -3.06. The van der Waals surface area contributed by atoms with Crippen molar-refractivity contribution in [1.82, 2.24) is 5.32 Å². The number of nitrogens with zero attached hydrogens (tertiary/aromatic N) is 2. The molecule has 2 aromatic rings. The third kappa shape index (κ3) is 4.98. The smallest absolute Gasteiger partial charge is 0.262 e. The maximum Gasteiger partial charge on any atom is 0.262 e. The van der Waals surface area contributed by atoms with Crippen LogP contribution in [0.5, 0.6) is 0 Å². The van der Waals surface area contributed by atoms with Crippen molar-refractivity contribution in [1.29, 1.82) is 5.26 Å². The van der Waals surface area contributed by atoms with Gasteiger partial charge in [0.2, 0.25) is 0 Å². The maximum absolute atomic E-state index is 12.5. The van der Waals surface area contributed by atoms with Crippen molar-refractivity contribution >= 4 is 17.7 Å². The number of piperidine rings is 1. The SMILES string of the molecule is C[C@H](NC(=O)/C(C#N)=C\c1ccc(N2CCCCC2)cc1)c1ccccc1. The number of rotatable bonds is 5. The molecule has 0 saturated carbocycles. The first-order chi connectivity index (χ1) is 13.2. The average Bonchev–Trinajstić information content (AvgIpc) is 2.73. The molecule has 138 valence electrons. The van der Waals surface area contributed by atoms with Gasteiger partial charge in [0.25, 0.3) is 5.91 Å². The number of nitriles is 1. The van der Waals surface area contributed by atoms with E-state index in [0.29, 0.717) is 0 Å². The van der Waals surface area contributed by atoms with Crippen molar-refractivity contribution in [2.45, 2.75) is 32.2 Å². The second-order valence-electron chi connectivity index (χ2n) is 6.91. The highest BCUT2D eigenvalue weighted by atomic mass is 16.1. The fourth-order valence-corrected chi connectivity index (χ4v) is 3.35. The Morgan fingerprint density at radius 2 is 1.74 bits per heavy atom. The molecule has 1 aliphatic rings. The first-order valence-electron chi connectivity index (χ1n) is 9.50. The first-order valence-corrected chi connectivity index (χ1v) is 9.50. The summed E-state index contributed by atoms with van der Waals surface area (Å²) in [5, 5.41) is 12.3. The predicted molar refractivity (Wildman–Crippen MR) is 109 cm³/mol. The molecule has 0 spiro atoms. The highest BCUT2D eigenvalue weighted by Gasteiger charge is 2.14. The van der Waals surface area contributed by atoms with Crippen molar-refractivity contribution < 1.29 is 4.79 Å². The lowest BCUT2D eigenvalue weighted by Gasteiger charge is -2.28. The molecule has 0 aliphatic carbocycles. The molecule has 27 heavy (non-hydrogen) atoms. The summed E-state index contributed by atoms with van der Waals surface area (Å²) in [6, 6.07) is 19.7. The minimum absolute atomic E-state index is 0.114. The summed E-state index contributed by atoms with van der Waals surface area (Å²) < 4.78 is 0. The molecule has 1 amide bonds. The predicted octanol–water partition coefficient (Wildman–Crippen LogP) is 4.46. The number of carbonyl (C=O) groups is 1. The zero-order valence-electron chi connectivity index (χ0n) is 15.7.